The van der Waals surface area contributed by atoms with Gasteiger partial charge in [0, 0.05) is 30.3 Å². The average molecular weight is 464 g/mol. The van der Waals surface area contributed by atoms with Crippen LogP contribution in [-0.2, 0) is 0 Å². The van der Waals surface area contributed by atoms with Crippen molar-refractivity contribution in [3.8, 4) is 11.3 Å². The van der Waals surface area contributed by atoms with Crippen molar-refractivity contribution in [1.29, 1.82) is 0 Å². The fourth-order valence-electron chi connectivity index (χ4n) is 5.73. The SMILES string of the molecule is Cc1cc2cc(-c3c(C)nc(NCC4CCCCC4)nc3N[C@H]3CC[C@@H](CO)C3)oc2c(C)n1. The van der Waals surface area contributed by atoms with E-state index in [4.69, 9.17) is 14.4 Å². The maximum Gasteiger partial charge on any atom is 0.224 e. The smallest absolute Gasteiger partial charge is 0.224 e. The van der Waals surface area contributed by atoms with Gasteiger partial charge in [-0.15, -0.1) is 0 Å². The molecule has 34 heavy (non-hydrogen) atoms. The van der Waals surface area contributed by atoms with Gasteiger partial charge in [0.15, 0.2) is 5.58 Å². The first-order chi connectivity index (χ1) is 16.5. The highest BCUT2D eigenvalue weighted by Gasteiger charge is 2.27. The normalized spacial score (nSPS) is 21.3. The highest BCUT2D eigenvalue weighted by atomic mass is 16.3. The lowest BCUT2D eigenvalue weighted by molar-refractivity contribution is 0.229. The predicted molar refractivity (Wildman–Crippen MR) is 136 cm³/mol. The third-order valence-electron chi connectivity index (χ3n) is 7.55. The van der Waals surface area contributed by atoms with Crippen molar-refractivity contribution in [3.63, 3.8) is 0 Å². The molecule has 3 aromatic heterocycles. The highest BCUT2D eigenvalue weighted by molar-refractivity contribution is 5.87. The van der Waals surface area contributed by atoms with Crippen LogP contribution >= 0.6 is 0 Å². The second-order valence-corrected chi connectivity index (χ2v) is 10.3. The molecule has 2 aliphatic carbocycles. The molecule has 3 heterocycles. The standard InChI is InChI=1S/C27H37N5O2/c1-16-11-21-13-23(34-25(21)18(3)29-16)24-17(2)30-27(28-14-19-7-5-4-6-8-19)32-26(24)31-22-10-9-20(12-22)15-33/h11,13,19-20,22,33H,4-10,12,14-15H2,1-3H3,(H2,28,30,31,32)/t20-,22+/m1/s1. The summed E-state index contributed by atoms with van der Waals surface area (Å²) >= 11 is 0. The van der Waals surface area contributed by atoms with Crippen molar-refractivity contribution >= 4 is 22.7 Å². The number of furan rings is 1. The number of nitrogens with one attached hydrogen (secondary N) is 2. The van der Waals surface area contributed by atoms with E-state index in [-0.39, 0.29) is 12.6 Å². The molecule has 3 aromatic rings. The quantitative estimate of drug-likeness (QED) is 0.409. The topological polar surface area (TPSA) is 96.1 Å². The Balaban J connectivity index is 1.48. The summed E-state index contributed by atoms with van der Waals surface area (Å²) in [6, 6.07) is 4.42. The van der Waals surface area contributed by atoms with Gasteiger partial charge in [0.05, 0.1) is 17.0 Å². The van der Waals surface area contributed by atoms with E-state index in [0.717, 1.165) is 71.0 Å². The monoisotopic (exact) mass is 463 g/mol. The van der Waals surface area contributed by atoms with Gasteiger partial charge in [-0.05, 0) is 76.8 Å². The summed E-state index contributed by atoms with van der Waals surface area (Å²) in [5.41, 5.74) is 4.48. The Morgan fingerprint density at radius 3 is 2.53 bits per heavy atom. The molecule has 0 aliphatic heterocycles. The summed E-state index contributed by atoms with van der Waals surface area (Å²) in [6.07, 6.45) is 9.59. The number of aliphatic hydroxyl groups excluding tert-OH is 1. The Hall–Kier alpha value is -2.67. The summed E-state index contributed by atoms with van der Waals surface area (Å²) in [6.45, 7) is 7.19. The lowest BCUT2D eigenvalue weighted by Gasteiger charge is -2.22. The van der Waals surface area contributed by atoms with Crippen molar-refractivity contribution < 1.29 is 9.52 Å². The second kappa shape index (κ2) is 9.90. The zero-order valence-corrected chi connectivity index (χ0v) is 20.7. The number of rotatable bonds is 7. The summed E-state index contributed by atoms with van der Waals surface area (Å²) in [5.74, 6) is 3.30. The van der Waals surface area contributed by atoms with Gasteiger partial charge in [0.2, 0.25) is 5.95 Å². The first kappa shape index (κ1) is 23.1. The number of aromatic nitrogens is 3. The molecule has 3 N–H and O–H groups in total. The lowest BCUT2D eigenvalue weighted by Crippen LogP contribution is -2.21. The van der Waals surface area contributed by atoms with Crippen LogP contribution in [-0.4, -0.2) is 39.3 Å². The van der Waals surface area contributed by atoms with Gasteiger partial charge in [-0.25, -0.2) is 4.98 Å². The van der Waals surface area contributed by atoms with Crippen LogP contribution in [0.1, 0.15) is 68.4 Å². The van der Waals surface area contributed by atoms with Gasteiger partial charge >= 0.3 is 0 Å². The van der Waals surface area contributed by atoms with Gasteiger partial charge in [0.1, 0.15) is 11.6 Å². The summed E-state index contributed by atoms with van der Waals surface area (Å²) in [7, 11) is 0. The number of fused-ring (bicyclic) bond motifs is 1. The lowest BCUT2D eigenvalue weighted by atomic mass is 9.89. The average Bonchev–Trinajstić information content (AvgIpc) is 3.45. The highest BCUT2D eigenvalue weighted by Crippen LogP contribution is 2.37. The third-order valence-corrected chi connectivity index (χ3v) is 7.55. The van der Waals surface area contributed by atoms with E-state index in [9.17, 15) is 5.11 Å². The second-order valence-electron chi connectivity index (χ2n) is 10.3. The molecule has 0 saturated heterocycles. The Labute approximate surface area is 201 Å². The van der Waals surface area contributed by atoms with E-state index in [1.807, 2.05) is 20.8 Å². The van der Waals surface area contributed by atoms with E-state index in [1.165, 1.54) is 32.1 Å². The van der Waals surface area contributed by atoms with E-state index in [2.05, 4.69) is 27.8 Å². The van der Waals surface area contributed by atoms with Crippen LogP contribution in [0.3, 0.4) is 0 Å². The Morgan fingerprint density at radius 1 is 0.941 bits per heavy atom. The number of nitrogens with zero attached hydrogens (tertiary/aromatic N) is 3. The largest absolute Gasteiger partial charge is 0.454 e. The first-order valence-electron chi connectivity index (χ1n) is 12.9. The molecule has 5 rings (SSSR count). The zero-order chi connectivity index (χ0) is 23.7. The number of aliphatic hydroxyl groups is 1. The molecular weight excluding hydrogens is 426 g/mol. The van der Waals surface area contributed by atoms with Crippen molar-refractivity contribution in [2.45, 2.75) is 78.2 Å². The number of hydrogen-bond acceptors (Lipinski definition) is 7. The van der Waals surface area contributed by atoms with E-state index >= 15 is 0 Å². The molecular formula is C27H37N5O2. The van der Waals surface area contributed by atoms with E-state index in [1.54, 1.807) is 0 Å². The molecule has 182 valence electrons. The first-order valence-corrected chi connectivity index (χ1v) is 12.9. The molecule has 0 unspecified atom stereocenters. The van der Waals surface area contributed by atoms with E-state index in [0.29, 0.717) is 17.8 Å². The van der Waals surface area contributed by atoms with Crippen molar-refractivity contribution in [2.24, 2.45) is 11.8 Å². The van der Waals surface area contributed by atoms with Gasteiger partial charge in [-0.1, -0.05) is 19.3 Å². The molecule has 0 amide bonds. The molecule has 2 atom stereocenters. The Morgan fingerprint density at radius 2 is 1.76 bits per heavy atom. The van der Waals surface area contributed by atoms with Gasteiger partial charge in [0.25, 0.3) is 0 Å². The molecule has 2 saturated carbocycles. The number of aryl methyl sites for hydroxylation is 3. The minimum Gasteiger partial charge on any atom is -0.454 e. The molecule has 2 fully saturated rings. The van der Waals surface area contributed by atoms with Crippen LogP contribution in [0, 0.1) is 32.6 Å². The Bertz CT molecular complexity index is 1150. The number of anilines is 2. The van der Waals surface area contributed by atoms with Crippen LogP contribution in [0.15, 0.2) is 16.5 Å². The van der Waals surface area contributed by atoms with Crippen molar-refractivity contribution in [3.05, 3.63) is 29.2 Å². The molecule has 2 aliphatic rings. The zero-order valence-electron chi connectivity index (χ0n) is 20.7. The third kappa shape index (κ3) is 4.90. The minimum absolute atomic E-state index is 0.247. The predicted octanol–water partition coefficient (Wildman–Crippen LogP) is 5.78. The maximum absolute atomic E-state index is 9.61. The fraction of sp³-hybridized carbons (Fsp3) is 0.593. The number of hydrogen-bond donors (Lipinski definition) is 3. The van der Waals surface area contributed by atoms with Crippen LogP contribution in [0.25, 0.3) is 22.3 Å². The molecule has 0 aromatic carbocycles. The summed E-state index contributed by atoms with van der Waals surface area (Å²) in [5, 5.41) is 17.9. The molecule has 0 bridgehead atoms. The van der Waals surface area contributed by atoms with Gasteiger partial charge in [-0.3, -0.25) is 4.98 Å². The van der Waals surface area contributed by atoms with Crippen molar-refractivity contribution in [2.75, 3.05) is 23.8 Å². The fourth-order valence-corrected chi connectivity index (χ4v) is 5.73. The molecule has 7 nitrogen and oxygen atoms in total. The summed E-state index contributed by atoms with van der Waals surface area (Å²) in [4.78, 5) is 14.3. The maximum atomic E-state index is 9.61. The van der Waals surface area contributed by atoms with Crippen LogP contribution < -0.4 is 10.6 Å². The Kier molecular flexibility index (Phi) is 6.73. The van der Waals surface area contributed by atoms with Gasteiger partial charge < -0.3 is 20.2 Å². The van der Waals surface area contributed by atoms with Crippen LogP contribution in [0.4, 0.5) is 11.8 Å². The molecule has 0 spiro atoms. The minimum atomic E-state index is 0.247. The molecule has 0 radical (unpaired) electrons. The number of pyridine rings is 1. The van der Waals surface area contributed by atoms with Crippen molar-refractivity contribution in [1.82, 2.24) is 15.0 Å². The van der Waals surface area contributed by atoms with Crippen LogP contribution in [0.2, 0.25) is 0 Å². The van der Waals surface area contributed by atoms with Crippen LogP contribution in [0.5, 0.6) is 0 Å². The summed E-state index contributed by atoms with van der Waals surface area (Å²) < 4.78 is 6.32. The van der Waals surface area contributed by atoms with E-state index < -0.39 is 0 Å². The molecule has 7 heteroatoms. The van der Waals surface area contributed by atoms with Gasteiger partial charge in [-0.2, -0.15) is 4.98 Å².